The highest BCUT2D eigenvalue weighted by molar-refractivity contribution is 5.94. The molecule has 152 valence electrons. The lowest BCUT2D eigenvalue weighted by atomic mass is 10.1. The lowest BCUT2D eigenvalue weighted by Gasteiger charge is -2.22. The lowest BCUT2D eigenvalue weighted by Crippen LogP contribution is -2.32. The Hall–Kier alpha value is -2.70. The van der Waals surface area contributed by atoms with Gasteiger partial charge < -0.3 is 10.1 Å². The summed E-state index contributed by atoms with van der Waals surface area (Å²) in [5.74, 6) is 0.296. The van der Waals surface area contributed by atoms with E-state index in [2.05, 4.69) is 26.1 Å². The van der Waals surface area contributed by atoms with Crippen molar-refractivity contribution in [2.75, 3.05) is 18.5 Å². The molecule has 0 radical (unpaired) electrons. The Morgan fingerprint density at radius 1 is 1.29 bits per heavy atom. The van der Waals surface area contributed by atoms with Gasteiger partial charge in [0.25, 0.3) is 0 Å². The van der Waals surface area contributed by atoms with Crippen molar-refractivity contribution in [2.24, 2.45) is 4.99 Å². The SMILES string of the molecule is N#CNC(=NCCCCCCC(=O)NOC1CCCCO1)Nc1ccncc1. The highest BCUT2D eigenvalue weighted by Crippen LogP contribution is 2.12. The molecule has 1 amide bonds. The highest BCUT2D eigenvalue weighted by atomic mass is 16.8. The predicted octanol–water partition coefficient (Wildman–Crippen LogP) is 2.45. The maximum absolute atomic E-state index is 11.7. The topological polar surface area (TPSA) is 121 Å². The number of nitrogens with one attached hydrogen (secondary N) is 3. The third kappa shape index (κ3) is 9.30. The maximum Gasteiger partial charge on any atom is 0.243 e. The number of hydrogen-bond acceptors (Lipinski definition) is 6. The van der Waals surface area contributed by atoms with Gasteiger partial charge in [-0.05, 0) is 37.8 Å². The second-order valence-corrected chi connectivity index (χ2v) is 6.43. The molecule has 2 heterocycles. The number of aliphatic imine (C=N–C) groups is 1. The van der Waals surface area contributed by atoms with Crippen molar-refractivity contribution < 1.29 is 14.4 Å². The maximum atomic E-state index is 11.7. The van der Waals surface area contributed by atoms with Crippen LogP contribution in [0.4, 0.5) is 5.69 Å². The van der Waals surface area contributed by atoms with Crippen LogP contribution < -0.4 is 16.1 Å². The molecule has 0 saturated carbocycles. The van der Waals surface area contributed by atoms with Gasteiger partial charge in [0.1, 0.15) is 0 Å². The largest absolute Gasteiger partial charge is 0.350 e. The van der Waals surface area contributed by atoms with Crippen molar-refractivity contribution in [3.05, 3.63) is 24.5 Å². The standard InChI is InChI=1S/C19H28N6O3/c20-15-23-19(24-16-9-12-21-13-10-16)22-11-5-2-1-3-7-17(26)25-28-18-8-4-6-14-27-18/h9-10,12-13,18H,1-8,11,14H2,(H,25,26)(H2,21,22,23,24). The fourth-order valence-corrected chi connectivity index (χ4v) is 2.66. The summed E-state index contributed by atoms with van der Waals surface area (Å²) in [6.07, 6.45) is 11.8. The van der Waals surface area contributed by atoms with E-state index in [0.717, 1.165) is 50.6 Å². The smallest absolute Gasteiger partial charge is 0.243 e. The van der Waals surface area contributed by atoms with E-state index in [1.165, 1.54) is 0 Å². The molecule has 9 nitrogen and oxygen atoms in total. The summed E-state index contributed by atoms with van der Waals surface area (Å²) >= 11 is 0. The first-order valence-electron chi connectivity index (χ1n) is 9.70. The Bertz CT molecular complexity index is 641. The molecule has 1 unspecified atom stereocenters. The summed E-state index contributed by atoms with van der Waals surface area (Å²) in [4.78, 5) is 25.3. The first kappa shape index (κ1) is 21.6. The van der Waals surface area contributed by atoms with Gasteiger partial charge in [-0.25, -0.2) is 10.3 Å². The second kappa shape index (κ2) is 13.5. The van der Waals surface area contributed by atoms with Crippen LogP contribution in [-0.4, -0.2) is 36.3 Å². The molecule has 9 heteroatoms. The number of nitriles is 1. The van der Waals surface area contributed by atoms with Crippen LogP contribution >= 0.6 is 0 Å². The first-order valence-corrected chi connectivity index (χ1v) is 9.70. The van der Waals surface area contributed by atoms with Gasteiger partial charge in [0.2, 0.25) is 11.9 Å². The van der Waals surface area contributed by atoms with Crippen LogP contribution in [0.25, 0.3) is 0 Å². The van der Waals surface area contributed by atoms with Gasteiger partial charge >= 0.3 is 0 Å². The van der Waals surface area contributed by atoms with Crippen molar-refractivity contribution in [3.63, 3.8) is 0 Å². The minimum atomic E-state index is -0.312. The van der Waals surface area contributed by atoms with Gasteiger partial charge in [0, 0.05) is 44.1 Å². The number of anilines is 1. The number of unbranched alkanes of at least 4 members (excludes halogenated alkanes) is 3. The number of hydrogen-bond donors (Lipinski definition) is 3. The van der Waals surface area contributed by atoms with Crippen LogP contribution in [-0.2, 0) is 14.4 Å². The van der Waals surface area contributed by atoms with Crippen LogP contribution in [0, 0.1) is 11.5 Å². The van der Waals surface area contributed by atoms with Crippen molar-refractivity contribution >= 4 is 17.6 Å². The summed E-state index contributed by atoms with van der Waals surface area (Å²) in [5.41, 5.74) is 3.28. The van der Waals surface area contributed by atoms with Crippen LogP contribution in [0.5, 0.6) is 0 Å². The molecule has 1 aromatic rings. The number of rotatable bonds is 10. The molecule has 0 bridgehead atoms. The zero-order valence-electron chi connectivity index (χ0n) is 16.0. The number of amides is 1. The Balaban J connectivity index is 1.53. The van der Waals surface area contributed by atoms with Gasteiger partial charge in [-0.2, -0.15) is 5.26 Å². The monoisotopic (exact) mass is 388 g/mol. The van der Waals surface area contributed by atoms with E-state index in [0.29, 0.717) is 25.5 Å². The average Bonchev–Trinajstić information content (AvgIpc) is 2.73. The van der Waals surface area contributed by atoms with E-state index in [1.54, 1.807) is 24.5 Å². The summed E-state index contributed by atoms with van der Waals surface area (Å²) < 4.78 is 5.39. The fraction of sp³-hybridized carbons (Fsp3) is 0.579. The molecule has 0 aromatic carbocycles. The summed E-state index contributed by atoms with van der Waals surface area (Å²) in [6, 6.07) is 3.59. The molecule has 3 N–H and O–H groups in total. The Morgan fingerprint density at radius 3 is 2.86 bits per heavy atom. The number of guanidine groups is 1. The lowest BCUT2D eigenvalue weighted by molar-refractivity contribution is -0.200. The number of carbonyl (C=O) groups is 1. The molecule has 2 rings (SSSR count). The van der Waals surface area contributed by atoms with Gasteiger partial charge in [-0.1, -0.05) is 12.8 Å². The highest BCUT2D eigenvalue weighted by Gasteiger charge is 2.15. The number of hydroxylamine groups is 1. The molecule has 1 saturated heterocycles. The molecule has 0 spiro atoms. The third-order valence-electron chi connectivity index (χ3n) is 4.14. The Kier molecular flexibility index (Phi) is 10.4. The molecule has 1 fully saturated rings. The van der Waals surface area contributed by atoms with Crippen molar-refractivity contribution in [2.45, 2.75) is 57.7 Å². The van der Waals surface area contributed by atoms with E-state index in [1.807, 2.05) is 6.19 Å². The zero-order chi connectivity index (χ0) is 19.9. The molecule has 28 heavy (non-hydrogen) atoms. The zero-order valence-corrected chi connectivity index (χ0v) is 16.0. The number of ether oxygens (including phenoxy) is 1. The second-order valence-electron chi connectivity index (χ2n) is 6.43. The van der Waals surface area contributed by atoms with Crippen molar-refractivity contribution in [3.8, 4) is 6.19 Å². The average molecular weight is 388 g/mol. The van der Waals surface area contributed by atoms with E-state index in [-0.39, 0.29) is 12.2 Å². The number of aromatic nitrogens is 1. The molecule has 1 aliphatic rings. The van der Waals surface area contributed by atoms with Crippen LogP contribution in [0.15, 0.2) is 29.5 Å². The van der Waals surface area contributed by atoms with Crippen molar-refractivity contribution in [1.29, 1.82) is 5.26 Å². The molecular formula is C19H28N6O3. The number of nitrogens with zero attached hydrogens (tertiary/aromatic N) is 3. The van der Waals surface area contributed by atoms with Crippen LogP contribution in [0.3, 0.4) is 0 Å². The minimum absolute atomic E-state index is 0.116. The summed E-state index contributed by atoms with van der Waals surface area (Å²) in [5, 5.41) is 14.4. The van der Waals surface area contributed by atoms with E-state index >= 15 is 0 Å². The van der Waals surface area contributed by atoms with Gasteiger partial charge in [-0.3, -0.25) is 20.1 Å². The van der Waals surface area contributed by atoms with E-state index in [9.17, 15) is 4.79 Å². The molecular weight excluding hydrogens is 360 g/mol. The molecule has 0 aliphatic carbocycles. The van der Waals surface area contributed by atoms with Gasteiger partial charge in [0.15, 0.2) is 12.5 Å². The first-order chi connectivity index (χ1) is 13.8. The number of pyridine rings is 1. The summed E-state index contributed by atoms with van der Waals surface area (Å²) in [7, 11) is 0. The Morgan fingerprint density at radius 2 is 2.11 bits per heavy atom. The van der Waals surface area contributed by atoms with E-state index in [4.69, 9.17) is 14.8 Å². The normalized spacial score (nSPS) is 16.8. The minimum Gasteiger partial charge on any atom is -0.350 e. The quantitative estimate of drug-likeness (QED) is 0.141. The summed E-state index contributed by atoms with van der Waals surface area (Å²) in [6.45, 7) is 1.28. The van der Waals surface area contributed by atoms with E-state index < -0.39 is 0 Å². The van der Waals surface area contributed by atoms with Gasteiger partial charge in [0.05, 0.1) is 0 Å². The van der Waals surface area contributed by atoms with Crippen LogP contribution in [0.1, 0.15) is 51.4 Å². The number of carbonyl (C=O) groups excluding carboxylic acids is 1. The Labute approximate surface area is 165 Å². The fourth-order valence-electron chi connectivity index (χ4n) is 2.66. The molecule has 1 atom stereocenters. The van der Waals surface area contributed by atoms with Crippen LogP contribution in [0.2, 0.25) is 0 Å². The molecule has 1 aromatic heterocycles. The van der Waals surface area contributed by atoms with Gasteiger partial charge in [-0.15, -0.1) is 0 Å². The van der Waals surface area contributed by atoms with Crippen molar-refractivity contribution in [1.82, 2.24) is 15.8 Å². The third-order valence-corrected chi connectivity index (χ3v) is 4.14. The predicted molar refractivity (Wildman–Crippen MR) is 105 cm³/mol. The molecule has 1 aliphatic heterocycles.